The number of aliphatic hydroxyl groups is 2. The van der Waals surface area contributed by atoms with Crippen LogP contribution in [-0.2, 0) is 30.3 Å². The van der Waals surface area contributed by atoms with Crippen molar-refractivity contribution in [2.45, 2.75) is 51.5 Å². The molecule has 1 saturated heterocycles. The summed E-state index contributed by atoms with van der Waals surface area (Å²) in [6, 6.07) is 9.62. The van der Waals surface area contributed by atoms with Crippen molar-refractivity contribution in [1.29, 1.82) is 0 Å². The third-order valence-electron chi connectivity index (χ3n) is 4.03. The predicted octanol–water partition coefficient (Wildman–Crippen LogP) is 1.57. The molecule has 150 valence electrons. The summed E-state index contributed by atoms with van der Waals surface area (Å²) in [5, 5.41) is 19.4. The summed E-state index contributed by atoms with van der Waals surface area (Å²) in [7, 11) is 0. The lowest BCUT2D eigenvalue weighted by Gasteiger charge is -2.23. The van der Waals surface area contributed by atoms with Gasteiger partial charge in [-0.25, -0.2) is 4.79 Å². The first kappa shape index (κ1) is 21.5. The van der Waals surface area contributed by atoms with Crippen LogP contribution in [0.15, 0.2) is 42.0 Å². The molecule has 2 N–H and O–H groups in total. The third kappa shape index (κ3) is 6.41. The van der Waals surface area contributed by atoms with E-state index >= 15 is 0 Å². The Balaban J connectivity index is 2.16. The number of rotatable bonds is 9. The molecule has 0 bridgehead atoms. The van der Waals surface area contributed by atoms with Crippen LogP contribution in [0.2, 0.25) is 0 Å². The molecule has 0 aliphatic carbocycles. The topological polar surface area (TPSA) is 94.5 Å². The molecule has 1 fully saturated rings. The quantitative estimate of drug-likeness (QED) is 0.496. The summed E-state index contributed by atoms with van der Waals surface area (Å²) >= 11 is 0. The maximum Gasteiger partial charge on any atom is 0.330 e. The SMILES string of the molecule is CCOC(=O)/C=C(/COCc1ccccc1)[C@H]1OC(C)(C)O[C@@H]1[C@H](O)CO. The van der Waals surface area contributed by atoms with Gasteiger partial charge in [0.15, 0.2) is 5.79 Å². The van der Waals surface area contributed by atoms with Gasteiger partial charge in [0.25, 0.3) is 0 Å². The standard InChI is InChI=1S/C20H28O7/c1-4-25-17(23)10-15(13-24-12-14-8-6-5-7-9-14)18-19(16(22)11-21)27-20(2,3)26-18/h5-10,16,18-19,21-22H,4,11-13H2,1-3H3/b15-10-/t16-,18-,19-/m1/s1. The Morgan fingerprint density at radius 3 is 2.63 bits per heavy atom. The maximum absolute atomic E-state index is 12.0. The van der Waals surface area contributed by atoms with E-state index in [4.69, 9.17) is 18.9 Å². The lowest BCUT2D eigenvalue weighted by atomic mass is 10.0. The van der Waals surface area contributed by atoms with Crippen molar-refractivity contribution in [3.8, 4) is 0 Å². The second kappa shape index (κ2) is 9.96. The van der Waals surface area contributed by atoms with Crippen LogP contribution in [0.1, 0.15) is 26.3 Å². The number of benzene rings is 1. The summed E-state index contributed by atoms with van der Waals surface area (Å²) in [5.74, 6) is -1.50. The molecule has 0 radical (unpaired) electrons. The Kier molecular flexibility index (Phi) is 7.94. The number of carbonyl (C=O) groups excluding carboxylic acids is 1. The van der Waals surface area contributed by atoms with E-state index in [1.807, 2.05) is 30.3 Å². The molecular formula is C20H28O7. The number of aliphatic hydroxyl groups excluding tert-OH is 2. The van der Waals surface area contributed by atoms with Crippen molar-refractivity contribution in [3.63, 3.8) is 0 Å². The average Bonchev–Trinajstić information content (AvgIpc) is 2.97. The van der Waals surface area contributed by atoms with Crippen LogP contribution in [0, 0.1) is 0 Å². The summed E-state index contributed by atoms with van der Waals surface area (Å²) in [6.07, 6.45) is -1.43. The van der Waals surface area contributed by atoms with Crippen LogP contribution in [0.5, 0.6) is 0 Å². The molecule has 0 aromatic heterocycles. The lowest BCUT2D eigenvalue weighted by molar-refractivity contribution is -0.156. The van der Waals surface area contributed by atoms with Crippen LogP contribution in [0.3, 0.4) is 0 Å². The zero-order valence-corrected chi connectivity index (χ0v) is 16.0. The molecule has 1 heterocycles. The molecule has 3 atom stereocenters. The number of hydrogen-bond acceptors (Lipinski definition) is 7. The van der Waals surface area contributed by atoms with Gasteiger partial charge in [-0.2, -0.15) is 0 Å². The highest BCUT2D eigenvalue weighted by atomic mass is 16.8. The van der Waals surface area contributed by atoms with Crippen molar-refractivity contribution < 1.29 is 34.0 Å². The zero-order valence-electron chi connectivity index (χ0n) is 16.0. The van der Waals surface area contributed by atoms with Gasteiger partial charge in [0.1, 0.15) is 18.3 Å². The van der Waals surface area contributed by atoms with Crippen molar-refractivity contribution in [1.82, 2.24) is 0 Å². The smallest absolute Gasteiger partial charge is 0.330 e. The summed E-state index contributed by atoms with van der Waals surface area (Å²) in [5.41, 5.74) is 1.47. The first-order valence-corrected chi connectivity index (χ1v) is 8.99. The van der Waals surface area contributed by atoms with E-state index in [0.717, 1.165) is 5.56 Å². The molecule has 7 nitrogen and oxygen atoms in total. The molecule has 1 aromatic carbocycles. The van der Waals surface area contributed by atoms with Gasteiger partial charge < -0.3 is 29.2 Å². The molecule has 1 aromatic rings. The summed E-state index contributed by atoms with van der Waals surface area (Å²) < 4.78 is 22.3. The number of carbonyl (C=O) groups is 1. The van der Waals surface area contributed by atoms with Gasteiger partial charge >= 0.3 is 5.97 Å². The maximum atomic E-state index is 12.0. The monoisotopic (exact) mass is 380 g/mol. The molecule has 0 spiro atoms. The van der Waals surface area contributed by atoms with Gasteiger partial charge in [0.2, 0.25) is 0 Å². The molecule has 0 amide bonds. The van der Waals surface area contributed by atoms with Crippen LogP contribution < -0.4 is 0 Å². The van der Waals surface area contributed by atoms with Crippen LogP contribution >= 0.6 is 0 Å². The Bertz CT molecular complexity index is 626. The first-order valence-electron chi connectivity index (χ1n) is 8.99. The van der Waals surface area contributed by atoms with Crippen molar-refractivity contribution in [2.24, 2.45) is 0 Å². The molecule has 7 heteroatoms. The van der Waals surface area contributed by atoms with E-state index in [-0.39, 0.29) is 13.2 Å². The Morgan fingerprint density at radius 1 is 1.30 bits per heavy atom. The van der Waals surface area contributed by atoms with Crippen molar-refractivity contribution in [3.05, 3.63) is 47.5 Å². The molecule has 0 saturated carbocycles. The van der Waals surface area contributed by atoms with E-state index in [0.29, 0.717) is 12.2 Å². The van der Waals surface area contributed by atoms with Gasteiger partial charge in [-0.3, -0.25) is 0 Å². The van der Waals surface area contributed by atoms with E-state index in [9.17, 15) is 15.0 Å². The van der Waals surface area contributed by atoms with Crippen LogP contribution in [0.25, 0.3) is 0 Å². The Hall–Kier alpha value is -1.77. The molecule has 27 heavy (non-hydrogen) atoms. The summed E-state index contributed by atoms with van der Waals surface area (Å²) in [6.45, 7) is 5.32. The predicted molar refractivity (Wildman–Crippen MR) is 97.7 cm³/mol. The minimum Gasteiger partial charge on any atom is -0.463 e. The highest BCUT2D eigenvalue weighted by molar-refractivity contribution is 5.83. The van der Waals surface area contributed by atoms with Gasteiger partial charge in [-0.05, 0) is 31.9 Å². The molecule has 1 aliphatic rings. The average molecular weight is 380 g/mol. The first-order chi connectivity index (χ1) is 12.9. The fourth-order valence-electron chi connectivity index (χ4n) is 2.86. The highest BCUT2D eigenvalue weighted by Crippen LogP contribution is 2.34. The summed E-state index contributed by atoms with van der Waals surface area (Å²) in [4.78, 5) is 12.0. The largest absolute Gasteiger partial charge is 0.463 e. The Morgan fingerprint density at radius 2 is 2.00 bits per heavy atom. The third-order valence-corrected chi connectivity index (χ3v) is 4.03. The molecule has 0 unspecified atom stereocenters. The lowest BCUT2D eigenvalue weighted by Crippen LogP contribution is -2.39. The highest BCUT2D eigenvalue weighted by Gasteiger charge is 2.46. The fraction of sp³-hybridized carbons (Fsp3) is 0.550. The fourth-order valence-corrected chi connectivity index (χ4v) is 2.86. The molecule has 2 rings (SSSR count). The van der Waals surface area contributed by atoms with Gasteiger partial charge in [-0.15, -0.1) is 0 Å². The van der Waals surface area contributed by atoms with Crippen molar-refractivity contribution >= 4 is 5.97 Å². The molecular weight excluding hydrogens is 352 g/mol. The number of hydrogen-bond donors (Lipinski definition) is 2. The number of ether oxygens (including phenoxy) is 4. The second-order valence-electron chi connectivity index (χ2n) is 6.72. The van der Waals surface area contributed by atoms with Gasteiger partial charge in [0, 0.05) is 6.08 Å². The van der Waals surface area contributed by atoms with E-state index < -0.39 is 36.7 Å². The van der Waals surface area contributed by atoms with Gasteiger partial charge in [-0.1, -0.05) is 30.3 Å². The van der Waals surface area contributed by atoms with E-state index in [1.165, 1.54) is 6.08 Å². The minimum absolute atomic E-state index is 0.0897. The second-order valence-corrected chi connectivity index (χ2v) is 6.72. The van der Waals surface area contributed by atoms with E-state index in [2.05, 4.69) is 0 Å². The van der Waals surface area contributed by atoms with Crippen LogP contribution in [0.4, 0.5) is 0 Å². The zero-order chi connectivity index (χ0) is 19.9. The normalized spacial score (nSPS) is 23.2. The van der Waals surface area contributed by atoms with E-state index in [1.54, 1.807) is 20.8 Å². The Labute approximate surface area is 159 Å². The number of esters is 1. The molecule has 1 aliphatic heterocycles. The van der Waals surface area contributed by atoms with Crippen molar-refractivity contribution in [2.75, 3.05) is 19.8 Å². The van der Waals surface area contributed by atoms with Crippen LogP contribution in [-0.4, -0.2) is 60.1 Å². The minimum atomic E-state index is -1.16. The van der Waals surface area contributed by atoms with Gasteiger partial charge in [0.05, 0.1) is 26.4 Å².